The van der Waals surface area contributed by atoms with Gasteiger partial charge < -0.3 is 5.32 Å². The fourth-order valence-corrected chi connectivity index (χ4v) is 1.73. The molecule has 1 atom stereocenters. The molecule has 17 heavy (non-hydrogen) atoms. The zero-order valence-electron chi connectivity index (χ0n) is 10.9. The molecule has 1 aromatic rings. The minimum absolute atomic E-state index is 0.0992. The highest BCUT2D eigenvalue weighted by molar-refractivity contribution is 9.10. The molecule has 1 N–H and O–H groups in total. The zero-order chi connectivity index (χ0) is 13.1. The van der Waals surface area contributed by atoms with Crippen molar-refractivity contribution in [2.45, 2.75) is 40.2 Å². The summed E-state index contributed by atoms with van der Waals surface area (Å²) in [6.45, 7) is 7.81. The summed E-state index contributed by atoms with van der Waals surface area (Å²) in [5.74, 6) is 0.0992. The van der Waals surface area contributed by atoms with Gasteiger partial charge in [-0.25, -0.2) is 0 Å². The highest BCUT2D eigenvalue weighted by Crippen LogP contribution is 2.15. The van der Waals surface area contributed by atoms with Crippen molar-refractivity contribution in [3.05, 3.63) is 34.3 Å². The van der Waals surface area contributed by atoms with Crippen LogP contribution in [0.25, 0.3) is 0 Å². The molecule has 0 heterocycles. The Balaban J connectivity index is 2.53. The molecule has 0 spiro atoms. The minimum Gasteiger partial charge on any atom is -0.353 e. The van der Waals surface area contributed by atoms with E-state index in [0.29, 0.717) is 0 Å². The number of carbonyl (C=O) groups excluding carboxylic acids is 1. The maximum absolute atomic E-state index is 11.8. The van der Waals surface area contributed by atoms with Crippen LogP contribution in [-0.2, 0) is 11.2 Å². The van der Waals surface area contributed by atoms with Crippen LogP contribution in [0.3, 0.4) is 0 Å². The first kappa shape index (κ1) is 14.2. The Bertz CT molecular complexity index is 378. The van der Waals surface area contributed by atoms with Crippen LogP contribution in [0.5, 0.6) is 0 Å². The number of benzene rings is 1. The summed E-state index contributed by atoms with van der Waals surface area (Å²) in [5, 5.41) is 3.03. The normalized spacial score (nSPS) is 13.2. The number of carbonyl (C=O) groups is 1. The second-order valence-corrected chi connectivity index (χ2v) is 6.37. The average molecular weight is 298 g/mol. The molecule has 0 aliphatic heterocycles. The SMILES string of the molecule is CC(Cc1ccc(Br)cc1)NC(=O)C(C)(C)C. The van der Waals surface area contributed by atoms with Crippen LogP contribution in [0.2, 0.25) is 0 Å². The summed E-state index contributed by atoms with van der Waals surface area (Å²) >= 11 is 3.41. The van der Waals surface area contributed by atoms with Gasteiger partial charge in [-0.15, -0.1) is 0 Å². The van der Waals surface area contributed by atoms with Crippen LogP contribution >= 0.6 is 15.9 Å². The zero-order valence-corrected chi connectivity index (χ0v) is 12.5. The van der Waals surface area contributed by atoms with Gasteiger partial charge in [0.1, 0.15) is 0 Å². The van der Waals surface area contributed by atoms with Gasteiger partial charge in [-0.3, -0.25) is 4.79 Å². The predicted octanol–water partition coefficient (Wildman–Crippen LogP) is 3.54. The lowest BCUT2D eigenvalue weighted by Crippen LogP contribution is -2.41. The molecule has 1 aromatic carbocycles. The first-order chi connectivity index (χ1) is 7.79. The second-order valence-electron chi connectivity index (χ2n) is 5.46. The summed E-state index contributed by atoms with van der Waals surface area (Å²) < 4.78 is 1.08. The summed E-state index contributed by atoms with van der Waals surface area (Å²) in [6, 6.07) is 8.34. The Kier molecular flexibility index (Phi) is 4.75. The highest BCUT2D eigenvalue weighted by atomic mass is 79.9. The van der Waals surface area contributed by atoms with E-state index >= 15 is 0 Å². The molecule has 0 fully saturated rings. The number of rotatable bonds is 3. The van der Waals surface area contributed by atoms with Crippen molar-refractivity contribution >= 4 is 21.8 Å². The molecule has 94 valence electrons. The molecule has 0 aliphatic carbocycles. The smallest absolute Gasteiger partial charge is 0.225 e. The van der Waals surface area contributed by atoms with Gasteiger partial charge >= 0.3 is 0 Å². The van der Waals surface area contributed by atoms with E-state index in [-0.39, 0.29) is 17.4 Å². The van der Waals surface area contributed by atoms with Gasteiger partial charge in [0.15, 0.2) is 0 Å². The minimum atomic E-state index is -0.325. The van der Waals surface area contributed by atoms with Crippen molar-refractivity contribution in [3.63, 3.8) is 0 Å². The van der Waals surface area contributed by atoms with Crippen LogP contribution in [-0.4, -0.2) is 11.9 Å². The third kappa shape index (κ3) is 4.90. The van der Waals surface area contributed by atoms with Crippen molar-refractivity contribution in [1.29, 1.82) is 0 Å². The molecule has 0 aromatic heterocycles. The van der Waals surface area contributed by atoms with Gasteiger partial charge in [-0.05, 0) is 31.0 Å². The molecule has 3 heteroatoms. The van der Waals surface area contributed by atoms with E-state index in [9.17, 15) is 4.79 Å². The lowest BCUT2D eigenvalue weighted by atomic mass is 9.95. The van der Waals surface area contributed by atoms with Gasteiger partial charge in [0.25, 0.3) is 0 Å². The maximum Gasteiger partial charge on any atom is 0.225 e. The van der Waals surface area contributed by atoms with Crippen molar-refractivity contribution < 1.29 is 4.79 Å². The van der Waals surface area contributed by atoms with Crippen LogP contribution in [0.15, 0.2) is 28.7 Å². The Morgan fingerprint density at radius 3 is 2.29 bits per heavy atom. The van der Waals surface area contributed by atoms with Gasteiger partial charge in [0.2, 0.25) is 5.91 Å². The quantitative estimate of drug-likeness (QED) is 0.908. The fraction of sp³-hybridized carbons (Fsp3) is 0.500. The summed E-state index contributed by atoms with van der Waals surface area (Å²) in [5.41, 5.74) is 0.906. The summed E-state index contributed by atoms with van der Waals surface area (Å²) in [6.07, 6.45) is 0.856. The number of amides is 1. The van der Waals surface area contributed by atoms with E-state index < -0.39 is 0 Å². The van der Waals surface area contributed by atoms with Crippen molar-refractivity contribution in [3.8, 4) is 0 Å². The Hall–Kier alpha value is -0.830. The first-order valence-corrected chi connectivity index (χ1v) is 6.64. The average Bonchev–Trinajstić information content (AvgIpc) is 2.20. The van der Waals surface area contributed by atoms with Gasteiger partial charge in [0, 0.05) is 15.9 Å². The third-order valence-corrected chi connectivity index (χ3v) is 3.04. The topological polar surface area (TPSA) is 29.1 Å². The molecule has 0 bridgehead atoms. The molecule has 1 amide bonds. The van der Waals surface area contributed by atoms with E-state index in [4.69, 9.17) is 0 Å². The number of nitrogens with one attached hydrogen (secondary N) is 1. The first-order valence-electron chi connectivity index (χ1n) is 5.84. The fourth-order valence-electron chi connectivity index (χ4n) is 1.47. The van der Waals surface area contributed by atoms with Gasteiger partial charge in [0.05, 0.1) is 0 Å². The van der Waals surface area contributed by atoms with E-state index in [1.54, 1.807) is 0 Å². The lowest BCUT2D eigenvalue weighted by molar-refractivity contribution is -0.129. The second kappa shape index (κ2) is 5.67. The van der Waals surface area contributed by atoms with Crippen molar-refractivity contribution in [2.75, 3.05) is 0 Å². The Morgan fingerprint density at radius 1 is 1.29 bits per heavy atom. The number of hydrogen-bond donors (Lipinski definition) is 1. The Morgan fingerprint density at radius 2 is 1.82 bits per heavy atom. The van der Waals surface area contributed by atoms with Crippen LogP contribution in [0.4, 0.5) is 0 Å². The summed E-state index contributed by atoms with van der Waals surface area (Å²) in [7, 11) is 0. The molecular formula is C14H20BrNO. The Labute approximate surface area is 112 Å². The van der Waals surface area contributed by atoms with E-state index in [0.717, 1.165) is 10.9 Å². The van der Waals surface area contributed by atoms with Crippen molar-refractivity contribution in [2.24, 2.45) is 5.41 Å². The molecule has 0 aliphatic rings. The van der Waals surface area contributed by atoms with E-state index in [1.165, 1.54) is 5.56 Å². The predicted molar refractivity (Wildman–Crippen MR) is 74.9 cm³/mol. The van der Waals surface area contributed by atoms with Gasteiger partial charge in [-0.2, -0.15) is 0 Å². The van der Waals surface area contributed by atoms with Crippen molar-refractivity contribution in [1.82, 2.24) is 5.32 Å². The standard InChI is InChI=1S/C14H20BrNO/c1-10(16-13(17)14(2,3)4)9-11-5-7-12(15)8-6-11/h5-8,10H,9H2,1-4H3,(H,16,17). The molecule has 2 nitrogen and oxygen atoms in total. The third-order valence-electron chi connectivity index (χ3n) is 2.51. The lowest BCUT2D eigenvalue weighted by Gasteiger charge is -2.22. The molecule has 0 saturated heterocycles. The van der Waals surface area contributed by atoms with Gasteiger partial charge in [-0.1, -0.05) is 48.8 Å². The molecular weight excluding hydrogens is 278 g/mol. The maximum atomic E-state index is 11.8. The van der Waals surface area contributed by atoms with E-state index in [2.05, 4.69) is 33.4 Å². The molecule has 1 unspecified atom stereocenters. The van der Waals surface area contributed by atoms with Crippen LogP contribution < -0.4 is 5.32 Å². The summed E-state index contributed by atoms with van der Waals surface area (Å²) in [4.78, 5) is 11.8. The molecule has 0 saturated carbocycles. The molecule has 1 rings (SSSR count). The van der Waals surface area contributed by atoms with Crippen LogP contribution in [0, 0.1) is 5.41 Å². The highest BCUT2D eigenvalue weighted by Gasteiger charge is 2.22. The monoisotopic (exact) mass is 297 g/mol. The van der Waals surface area contributed by atoms with Crippen LogP contribution in [0.1, 0.15) is 33.3 Å². The van der Waals surface area contributed by atoms with E-state index in [1.807, 2.05) is 39.8 Å². The number of hydrogen-bond acceptors (Lipinski definition) is 1. The number of halogens is 1. The molecule has 0 radical (unpaired) electrons. The largest absolute Gasteiger partial charge is 0.353 e.